The van der Waals surface area contributed by atoms with Crippen molar-refractivity contribution in [3.63, 3.8) is 0 Å². The highest BCUT2D eigenvalue weighted by Crippen LogP contribution is 2.04. The fourth-order valence-electron chi connectivity index (χ4n) is 0.918. The van der Waals surface area contributed by atoms with E-state index in [0.717, 1.165) is 0 Å². The smallest absolute Gasteiger partial charge is 0.430 e. The van der Waals surface area contributed by atoms with Gasteiger partial charge in [0, 0.05) is 0 Å². The van der Waals surface area contributed by atoms with E-state index >= 15 is 0 Å². The van der Waals surface area contributed by atoms with E-state index in [2.05, 4.69) is 16.1 Å². The van der Waals surface area contributed by atoms with Crippen molar-refractivity contribution in [1.29, 1.82) is 0 Å². The molecule has 0 aliphatic carbocycles. The largest absolute Gasteiger partial charge is 0.516 e. The summed E-state index contributed by atoms with van der Waals surface area (Å²) in [5, 5.41) is 0. The molecule has 0 amide bonds. The van der Waals surface area contributed by atoms with Gasteiger partial charge in [-0.15, -0.1) is 0 Å². The maximum atomic E-state index is 11.2. The Morgan fingerprint density at radius 3 is 2.53 bits per heavy atom. The summed E-state index contributed by atoms with van der Waals surface area (Å²) in [6.07, 6.45) is 0.798. The van der Waals surface area contributed by atoms with Gasteiger partial charge in [-0.2, -0.15) is 0 Å². The standard InChI is InChI=1S/C10H17NO4/c1-4-5-14-10(13)15-9(12)8(11)6-7(2)3/h4,7-8H,1,5-6,11H2,2-3H3/t8-/m0/s1. The third-order valence-corrected chi connectivity index (χ3v) is 1.53. The van der Waals surface area contributed by atoms with Gasteiger partial charge in [0.2, 0.25) is 0 Å². The van der Waals surface area contributed by atoms with E-state index in [-0.39, 0.29) is 12.5 Å². The Kier molecular flexibility index (Phi) is 6.37. The van der Waals surface area contributed by atoms with E-state index < -0.39 is 18.2 Å². The Bertz CT molecular complexity index is 238. The molecule has 0 fully saturated rings. The lowest BCUT2D eigenvalue weighted by Gasteiger charge is -2.11. The fourth-order valence-corrected chi connectivity index (χ4v) is 0.918. The van der Waals surface area contributed by atoms with E-state index in [1.165, 1.54) is 6.08 Å². The van der Waals surface area contributed by atoms with Crippen LogP contribution in [0, 0.1) is 5.92 Å². The molecule has 0 rings (SSSR count). The van der Waals surface area contributed by atoms with Crippen LogP contribution >= 0.6 is 0 Å². The fraction of sp³-hybridized carbons (Fsp3) is 0.600. The van der Waals surface area contributed by atoms with E-state index in [4.69, 9.17) is 5.73 Å². The second-order valence-electron chi connectivity index (χ2n) is 3.51. The van der Waals surface area contributed by atoms with Gasteiger partial charge in [0.15, 0.2) is 0 Å². The summed E-state index contributed by atoms with van der Waals surface area (Å²) in [6, 6.07) is -0.790. The van der Waals surface area contributed by atoms with Crippen molar-refractivity contribution < 1.29 is 19.1 Å². The Morgan fingerprint density at radius 1 is 1.47 bits per heavy atom. The number of esters is 1. The van der Waals surface area contributed by atoms with E-state index in [1.54, 1.807) is 0 Å². The Hall–Kier alpha value is -1.36. The molecule has 0 saturated carbocycles. The molecule has 0 aromatic carbocycles. The molecule has 86 valence electrons. The lowest BCUT2D eigenvalue weighted by molar-refractivity contribution is -0.141. The van der Waals surface area contributed by atoms with Crippen LogP contribution in [0.2, 0.25) is 0 Å². The molecule has 5 heteroatoms. The van der Waals surface area contributed by atoms with Crippen molar-refractivity contribution in [3.05, 3.63) is 12.7 Å². The van der Waals surface area contributed by atoms with E-state index in [0.29, 0.717) is 6.42 Å². The van der Waals surface area contributed by atoms with Gasteiger partial charge in [0.25, 0.3) is 0 Å². The summed E-state index contributed by atoms with van der Waals surface area (Å²) in [5.74, 6) is -0.505. The predicted molar refractivity (Wildman–Crippen MR) is 55.1 cm³/mol. The number of nitrogens with two attached hydrogens (primary N) is 1. The lowest BCUT2D eigenvalue weighted by atomic mass is 10.1. The number of hydrogen-bond acceptors (Lipinski definition) is 5. The van der Waals surface area contributed by atoms with Gasteiger partial charge in [-0.25, -0.2) is 9.59 Å². The lowest BCUT2D eigenvalue weighted by Crippen LogP contribution is -2.35. The Morgan fingerprint density at radius 2 is 2.07 bits per heavy atom. The summed E-state index contributed by atoms with van der Waals surface area (Å²) in [7, 11) is 0. The molecule has 0 spiro atoms. The minimum absolute atomic E-state index is 0.00549. The van der Waals surface area contributed by atoms with Crippen molar-refractivity contribution >= 4 is 12.1 Å². The van der Waals surface area contributed by atoms with Crippen LogP contribution in [0.3, 0.4) is 0 Å². The van der Waals surface area contributed by atoms with Gasteiger partial charge in [0.1, 0.15) is 12.6 Å². The predicted octanol–water partition coefficient (Wildman–Crippen LogP) is 1.23. The van der Waals surface area contributed by atoms with Gasteiger partial charge >= 0.3 is 12.1 Å². The first-order chi connectivity index (χ1) is 6.97. The highest BCUT2D eigenvalue weighted by atomic mass is 16.7. The first kappa shape index (κ1) is 13.6. The molecule has 0 aliphatic rings. The molecule has 0 heterocycles. The van der Waals surface area contributed by atoms with Crippen LogP contribution in [-0.4, -0.2) is 24.8 Å². The monoisotopic (exact) mass is 215 g/mol. The maximum Gasteiger partial charge on any atom is 0.516 e. The van der Waals surface area contributed by atoms with Gasteiger partial charge in [0.05, 0.1) is 0 Å². The average molecular weight is 215 g/mol. The summed E-state index contributed by atoms with van der Waals surface area (Å²) in [4.78, 5) is 22.0. The van der Waals surface area contributed by atoms with Gasteiger partial charge < -0.3 is 15.2 Å². The first-order valence-corrected chi connectivity index (χ1v) is 4.72. The Balaban J connectivity index is 3.90. The normalized spacial score (nSPS) is 12.0. The minimum Gasteiger partial charge on any atom is -0.430 e. The summed E-state index contributed by atoms with van der Waals surface area (Å²) in [5.41, 5.74) is 5.49. The van der Waals surface area contributed by atoms with Gasteiger partial charge in [-0.05, 0) is 12.3 Å². The molecular formula is C10H17NO4. The van der Waals surface area contributed by atoms with Crippen LogP contribution in [0.15, 0.2) is 12.7 Å². The van der Waals surface area contributed by atoms with Gasteiger partial charge in [-0.3, -0.25) is 0 Å². The highest BCUT2D eigenvalue weighted by Gasteiger charge is 2.20. The number of carbonyl (C=O) groups is 2. The molecule has 5 nitrogen and oxygen atoms in total. The molecule has 15 heavy (non-hydrogen) atoms. The van der Waals surface area contributed by atoms with Crippen molar-refractivity contribution in [1.82, 2.24) is 0 Å². The highest BCUT2D eigenvalue weighted by molar-refractivity contribution is 5.85. The number of hydrogen-bond donors (Lipinski definition) is 1. The molecule has 2 N–H and O–H groups in total. The second kappa shape index (κ2) is 7.00. The molecule has 0 aromatic heterocycles. The average Bonchev–Trinajstić information content (AvgIpc) is 2.13. The van der Waals surface area contributed by atoms with Crippen LogP contribution in [0.5, 0.6) is 0 Å². The molecule has 0 unspecified atom stereocenters. The Labute approximate surface area is 89.2 Å². The van der Waals surface area contributed by atoms with Crippen LogP contribution in [0.1, 0.15) is 20.3 Å². The number of ether oxygens (including phenoxy) is 2. The van der Waals surface area contributed by atoms with E-state index in [9.17, 15) is 9.59 Å². The molecule has 0 bridgehead atoms. The zero-order valence-electron chi connectivity index (χ0n) is 9.06. The zero-order chi connectivity index (χ0) is 11.8. The third-order valence-electron chi connectivity index (χ3n) is 1.53. The number of rotatable bonds is 5. The summed E-state index contributed by atoms with van der Waals surface area (Å²) < 4.78 is 8.80. The molecular weight excluding hydrogens is 198 g/mol. The summed E-state index contributed by atoms with van der Waals surface area (Å²) >= 11 is 0. The van der Waals surface area contributed by atoms with Gasteiger partial charge in [-0.1, -0.05) is 26.5 Å². The van der Waals surface area contributed by atoms with Crippen molar-refractivity contribution in [2.45, 2.75) is 26.3 Å². The quantitative estimate of drug-likeness (QED) is 0.424. The molecule has 0 aliphatic heterocycles. The number of carbonyl (C=O) groups excluding carboxylic acids is 2. The third kappa shape index (κ3) is 6.68. The second-order valence-corrected chi connectivity index (χ2v) is 3.51. The molecule has 0 saturated heterocycles. The zero-order valence-corrected chi connectivity index (χ0v) is 9.06. The van der Waals surface area contributed by atoms with Crippen LogP contribution in [0.25, 0.3) is 0 Å². The topological polar surface area (TPSA) is 78.6 Å². The molecule has 1 atom stereocenters. The van der Waals surface area contributed by atoms with Crippen LogP contribution in [0.4, 0.5) is 4.79 Å². The van der Waals surface area contributed by atoms with Crippen molar-refractivity contribution in [3.8, 4) is 0 Å². The van der Waals surface area contributed by atoms with Crippen molar-refractivity contribution in [2.24, 2.45) is 11.7 Å². The van der Waals surface area contributed by atoms with E-state index in [1.807, 2.05) is 13.8 Å². The SMILES string of the molecule is C=CCOC(=O)OC(=O)[C@@H](N)CC(C)C. The first-order valence-electron chi connectivity index (χ1n) is 4.72. The maximum absolute atomic E-state index is 11.2. The summed E-state index contributed by atoms with van der Waals surface area (Å²) in [6.45, 7) is 7.19. The minimum atomic E-state index is -1.04. The van der Waals surface area contributed by atoms with Crippen molar-refractivity contribution in [2.75, 3.05) is 6.61 Å². The molecule has 0 aromatic rings. The van der Waals surface area contributed by atoms with Crippen LogP contribution in [-0.2, 0) is 14.3 Å². The van der Waals surface area contributed by atoms with Crippen LogP contribution < -0.4 is 5.73 Å². The molecule has 0 radical (unpaired) electrons.